The van der Waals surface area contributed by atoms with Gasteiger partial charge in [0.1, 0.15) is 4.47 Å². The molecule has 4 aliphatic rings. The Bertz CT molecular complexity index is 1470. The maximum absolute atomic E-state index is 13.4. The maximum atomic E-state index is 13.4. The van der Waals surface area contributed by atoms with Gasteiger partial charge in [-0.1, -0.05) is 12.1 Å². The monoisotopic (exact) mass is 682 g/mol. The average molecular weight is 684 g/mol. The van der Waals surface area contributed by atoms with Crippen molar-refractivity contribution in [2.75, 3.05) is 64.7 Å². The molecule has 45 heavy (non-hydrogen) atoms. The van der Waals surface area contributed by atoms with Gasteiger partial charge < -0.3 is 15.1 Å². The first-order valence-corrected chi connectivity index (χ1v) is 16.8. The highest BCUT2D eigenvalue weighted by atomic mass is 79.9. The predicted molar refractivity (Wildman–Crippen MR) is 174 cm³/mol. The number of amides is 3. The number of nitrogens with one attached hydrogen (secondary N) is 2. The van der Waals surface area contributed by atoms with E-state index in [9.17, 15) is 19.2 Å². The molecule has 13 heteroatoms. The molecule has 4 fully saturated rings. The minimum absolute atomic E-state index is 0.0807. The first-order valence-electron chi connectivity index (χ1n) is 16.0. The van der Waals surface area contributed by atoms with E-state index in [4.69, 9.17) is 0 Å². The van der Waals surface area contributed by atoms with E-state index in [0.29, 0.717) is 48.1 Å². The molecule has 1 aromatic heterocycles. The molecular weight excluding hydrogens is 640 g/mol. The van der Waals surface area contributed by atoms with Crippen molar-refractivity contribution in [2.24, 2.45) is 7.05 Å². The molecule has 0 aliphatic carbocycles. The van der Waals surface area contributed by atoms with E-state index in [1.54, 1.807) is 13.2 Å². The fraction of sp³-hybridized carbons (Fsp3) is 0.594. The van der Waals surface area contributed by atoms with Crippen LogP contribution in [0.1, 0.15) is 53.9 Å². The largest absolute Gasteiger partial charge is 0.379 e. The van der Waals surface area contributed by atoms with E-state index < -0.39 is 0 Å². The molecule has 5 heterocycles. The second-order valence-corrected chi connectivity index (χ2v) is 13.8. The second-order valence-electron chi connectivity index (χ2n) is 13.0. The zero-order valence-electron chi connectivity index (χ0n) is 26.1. The molecule has 2 N–H and O–H groups in total. The third-order valence-corrected chi connectivity index (χ3v) is 10.7. The van der Waals surface area contributed by atoms with Crippen LogP contribution in [0.3, 0.4) is 0 Å². The number of rotatable bonds is 6. The Balaban J connectivity index is 0.989. The van der Waals surface area contributed by atoms with Crippen LogP contribution in [-0.2, 0) is 16.6 Å². The number of aryl methyl sites for hydroxylation is 1. The molecule has 4 aliphatic heterocycles. The van der Waals surface area contributed by atoms with Crippen molar-refractivity contribution in [3.8, 4) is 0 Å². The normalized spacial score (nSPS) is 26.1. The van der Waals surface area contributed by atoms with Crippen molar-refractivity contribution in [1.29, 1.82) is 0 Å². The van der Waals surface area contributed by atoms with Crippen LogP contribution >= 0.6 is 15.9 Å². The van der Waals surface area contributed by atoms with Gasteiger partial charge in [0.05, 0.1) is 17.9 Å². The summed E-state index contributed by atoms with van der Waals surface area (Å²) in [7, 11) is 3.74. The van der Waals surface area contributed by atoms with Crippen LogP contribution < -0.4 is 16.2 Å². The highest BCUT2D eigenvalue weighted by Crippen LogP contribution is 2.30. The van der Waals surface area contributed by atoms with Crippen molar-refractivity contribution in [3.05, 3.63) is 56.4 Å². The first-order chi connectivity index (χ1) is 21.7. The predicted octanol–water partition coefficient (Wildman–Crippen LogP) is 1.47. The zero-order valence-corrected chi connectivity index (χ0v) is 27.7. The van der Waals surface area contributed by atoms with Crippen molar-refractivity contribution in [3.63, 3.8) is 0 Å². The van der Waals surface area contributed by atoms with Crippen molar-refractivity contribution in [2.45, 2.75) is 56.1 Å². The SMILES string of the molecule is CN1C[C@@H](Nc2cnn(C)c(=O)c2Br)C[C@@H](c2ccc(C(=O)N3CCN(C4CCN(C5CCC(=O)NC5=O)CC4)CC3)cc2)C1. The van der Waals surface area contributed by atoms with Gasteiger partial charge in [-0.3, -0.25) is 34.3 Å². The number of hydrogen-bond acceptors (Lipinski definition) is 9. The van der Waals surface area contributed by atoms with E-state index in [1.807, 2.05) is 17.0 Å². The van der Waals surface area contributed by atoms with Gasteiger partial charge in [-0.05, 0) is 72.3 Å². The van der Waals surface area contributed by atoms with Gasteiger partial charge in [0, 0.05) is 83.5 Å². The van der Waals surface area contributed by atoms with Crippen molar-refractivity contribution in [1.82, 2.24) is 34.7 Å². The number of likely N-dealkylation sites (tertiary alicyclic amines) is 2. The van der Waals surface area contributed by atoms with Crippen molar-refractivity contribution >= 4 is 39.3 Å². The summed E-state index contributed by atoms with van der Waals surface area (Å²) in [5, 5.41) is 10.1. The summed E-state index contributed by atoms with van der Waals surface area (Å²) in [4.78, 5) is 58.5. The van der Waals surface area contributed by atoms with Crippen LogP contribution in [0.15, 0.2) is 39.7 Å². The van der Waals surface area contributed by atoms with E-state index in [1.165, 1.54) is 10.2 Å². The highest BCUT2D eigenvalue weighted by molar-refractivity contribution is 9.10. The number of carbonyl (C=O) groups is 3. The number of halogens is 1. The van der Waals surface area contributed by atoms with E-state index >= 15 is 0 Å². The number of nitrogens with zero attached hydrogens (tertiary/aromatic N) is 6. The van der Waals surface area contributed by atoms with E-state index in [2.05, 4.69) is 65.5 Å². The lowest BCUT2D eigenvalue weighted by Gasteiger charge is -2.44. The van der Waals surface area contributed by atoms with Crippen molar-refractivity contribution < 1.29 is 14.4 Å². The van der Waals surface area contributed by atoms with Crippen LogP contribution in [0.25, 0.3) is 0 Å². The molecule has 0 spiro atoms. The number of imide groups is 1. The molecule has 1 aromatic carbocycles. The summed E-state index contributed by atoms with van der Waals surface area (Å²) in [5.74, 6) is 0.0610. The zero-order chi connectivity index (χ0) is 31.7. The van der Waals surface area contributed by atoms with Gasteiger partial charge >= 0.3 is 0 Å². The molecule has 6 rings (SSSR count). The molecule has 0 bridgehead atoms. The Hall–Kier alpha value is -3.13. The summed E-state index contributed by atoms with van der Waals surface area (Å²) < 4.78 is 1.80. The van der Waals surface area contributed by atoms with Crippen LogP contribution in [0.4, 0.5) is 5.69 Å². The number of aromatic nitrogens is 2. The average Bonchev–Trinajstić information content (AvgIpc) is 3.05. The Morgan fingerprint density at radius 1 is 0.933 bits per heavy atom. The topological polar surface area (TPSA) is 123 Å². The highest BCUT2D eigenvalue weighted by Gasteiger charge is 2.36. The first kappa shape index (κ1) is 31.8. The number of piperidine rings is 3. The summed E-state index contributed by atoms with van der Waals surface area (Å²) in [5.41, 5.74) is 2.46. The van der Waals surface area contributed by atoms with Crippen LogP contribution in [0.2, 0.25) is 0 Å². The molecule has 3 amide bonds. The van der Waals surface area contributed by atoms with Gasteiger partial charge in [-0.15, -0.1) is 0 Å². The fourth-order valence-electron chi connectivity index (χ4n) is 7.46. The van der Waals surface area contributed by atoms with Gasteiger partial charge in [0.2, 0.25) is 11.8 Å². The summed E-state index contributed by atoms with van der Waals surface area (Å²) in [6.45, 7) is 6.64. The van der Waals surface area contributed by atoms with Crippen LogP contribution in [0.5, 0.6) is 0 Å². The van der Waals surface area contributed by atoms with E-state index in [0.717, 1.165) is 64.1 Å². The lowest BCUT2D eigenvalue weighted by atomic mass is 9.87. The van der Waals surface area contributed by atoms with E-state index in [-0.39, 0.29) is 35.4 Å². The minimum atomic E-state index is -0.187. The molecule has 1 unspecified atom stereocenters. The summed E-state index contributed by atoms with van der Waals surface area (Å²) in [6, 6.07) is 8.55. The van der Waals surface area contributed by atoms with Gasteiger partial charge in [0.25, 0.3) is 11.5 Å². The molecule has 12 nitrogen and oxygen atoms in total. The Morgan fingerprint density at radius 2 is 1.64 bits per heavy atom. The molecule has 4 saturated heterocycles. The quantitative estimate of drug-likeness (QED) is 0.436. The lowest BCUT2D eigenvalue weighted by molar-refractivity contribution is -0.138. The molecule has 242 valence electrons. The maximum Gasteiger partial charge on any atom is 0.282 e. The molecule has 3 atom stereocenters. The summed E-state index contributed by atoms with van der Waals surface area (Å²) >= 11 is 3.42. The number of hydrogen-bond donors (Lipinski definition) is 2. The number of carbonyl (C=O) groups excluding carboxylic acids is 3. The smallest absolute Gasteiger partial charge is 0.282 e. The molecule has 0 radical (unpaired) electrons. The Labute approximate surface area is 272 Å². The number of piperazine rings is 1. The number of likely N-dealkylation sites (N-methyl/N-ethyl adjacent to an activating group) is 1. The minimum Gasteiger partial charge on any atom is -0.379 e. The third kappa shape index (κ3) is 7.16. The molecule has 2 aromatic rings. The second kappa shape index (κ2) is 13.7. The van der Waals surface area contributed by atoms with Gasteiger partial charge in [-0.25, -0.2) is 4.68 Å². The molecule has 0 saturated carbocycles. The number of benzene rings is 1. The fourth-order valence-corrected chi connectivity index (χ4v) is 7.93. The van der Waals surface area contributed by atoms with Gasteiger partial charge in [-0.2, -0.15) is 5.10 Å². The third-order valence-electron chi connectivity index (χ3n) is 9.97. The summed E-state index contributed by atoms with van der Waals surface area (Å²) in [6.07, 6.45) is 5.62. The standard InChI is InChI=1S/C32H43BrN8O4/c1-37-19-23(17-24(20-37)35-26-18-34-38(2)32(45)29(26)33)21-3-5-22(6-4-21)31(44)41-15-13-39(14-16-41)25-9-11-40(12-10-25)27-7-8-28(42)36-30(27)43/h3-6,18,23-25,27,35H,7-17,19-20H2,1-2H3,(H,36,42,43)/t23-,24+,27?/m1/s1. The van der Waals surface area contributed by atoms with Crippen LogP contribution in [0, 0.1) is 0 Å². The Morgan fingerprint density at radius 3 is 2.33 bits per heavy atom. The molecular formula is C32H43BrN8O4. The Kier molecular flexibility index (Phi) is 9.69. The van der Waals surface area contributed by atoms with Crippen LogP contribution in [-0.4, -0.2) is 125 Å². The van der Waals surface area contributed by atoms with Gasteiger partial charge in [0.15, 0.2) is 0 Å². The lowest BCUT2D eigenvalue weighted by Crippen LogP contribution is -2.58. The number of anilines is 1.